The molecular formula is C12H13BN2O2. The van der Waals surface area contributed by atoms with Crippen LogP contribution in [0.3, 0.4) is 0 Å². The maximum atomic E-state index is 10.8. The van der Waals surface area contributed by atoms with Crippen molar-refractivity contribution in [2.75, 3.05) is 11.9 Å². The zero-order valence-electron chi connectivity index (χ0n) is 9.79. The summed E-state index contributed by atoms with van der Waals surface area (Å²) in [6.45, 7) is 1.67. The van der Waals surface area contributed by atoms with Gasteiger partial charge in [-0.3, -0.25) is 4.79 Å². The summed E-state index contributed by atoms with van der Waals surface area (Å²) >= 11 is 0. The number of fused-ring (bicyclic) bond motifs is 1. The lowest BCUT2D eigenvalue weighted by Crippen LogP contribution is -2.33. The van der Waals surface area contributed by atoms with E-state index in [1.807, 2.05) is 12.1 Å². The molecule has 0 unspecified atom stereocenters. The van der Waals surface area contributed by atoms with Gasteiger partial charge in [0.2, 0.25) is 0 Å². The number of benzene rings is 1. The van der Waals surface area contributed by atoms with Crippen LogP contribution in [0, 0.1) is 0 Å². The van der Waals surface area contributed by atoms with Crippen LogP contribution in [0.25, 0.3) is 10.8 Å². The molecule has 4 nitrogen and oxygen atoms in total. The zero-order chi connectivity index (χ0) is 12.4. The van der Waals surface area contributed by atoms with Crippen LogP contribution in [0.4, 0.5) is 5.82 Å². The van der Waals surface area contributed by atoms with Crippen molar-refractivity contribution in [3.63, 3.8) is 0 Å². The third-order valence-electron chi connectivity index (χ3n) is 2.80. The Bertz CT molecular complexity index is 557. The van der Waals surface area contributed by atoms with E-state index in [4.69, 9.17) is 0 Å². The van der Waals surface area contributed by atoms with Gasteiger partial charge in [0.1, 0.15) is 12.1 Å². The molecule has 2 rings (SSSR count). The summed E-state index contributed by atoms with van der Waals surface area (Å²) in [7, 11) is 1.13. The molecule has 1 aromatic carbocycles. The molecule has 0 amide bonds. The van der Waals surface area contributed by atoms with Crippen LogP contribution in [0.2, 0.25) is 6.82 Å². The van der Waals surface area contributed by atoms with Gasteiger partial charge in [0, 0.05) is 17.1 Å². The normalized spacial score (nSPS) is 10.3. The number of carbonyl (C=O) groups excluding carboxylic acids is 1. The molecule has 0 atom stereocenters. The number of nitrogens with zero attached hydrogens (tertiary/aromatic N) is 2. The highest BCUT2D eigenvalue weighted by Crippen LogP contribution is 2.24. The summed E-state index contributed by atoms with van der Waals surface area (Å²) in [5, 5.41) is 11.4. The van der Waals surface area contributed by atoms with Crippen LogP contribution in [0.1, 0.15) is 10.4 Å². The summed E-state index contributed by atoms with van der Waals surface area (Å²) in [5.41, 5.74) is 0.603. The van der Waals surface area contributed by atoms with Crippen LogP contribution in [-0.2, 0) is 0 Å². The first-order valence-corrected chi connectivity index (χ1v) is 5.38. The lowest BCUT2D eigenvalue weighted by atomic mass is 9.85. The molecule has 0 saturated carbocycles. The molecule has 0 aliphatic heterocycles. The van der Waals surface area contributed by atoms with Crippen molar-refractivity contribution in [3.8, 4) is 0 Å². The van der Waals surface area contributed by atoms with Gasteiger partial charge in [0.15, 0.2) is 0 Å². The van der Waals surface area contributed by atoms with Gasteiger partial charge < -0.3 is 9.83 Å². The highest BCUT2D eigenvalue weighted by molar-refractivity contribution is 6.53. The molecule has 1 aromatic heterocycles. The number of pyridine rings is 1. The number of aldehydes is 1. The molecule has 1 heterocycles. The first-order valence-electron chi connectivity index (χ1n) is 5.38. The van der Waals surface area contributed by atoms with Gasteiger partial charge >= 0.3 is 7.05 Å². The Morgan fingerprint density at radius 1 is 1.41 bits per heavy atom. The third kappa shape index (κ3) is 2.14. The minimum Gasteiger partial charge on any atom is -0.432 e. The number of carbonyl (C=O) groups is 1. The van der Waals surface area contributed by atoms with E-state index in [1.54, 1.807) is 37.0 Å². The lowest BCUT2D eigenvalue weighted by molar-refractivity contribution is 0.112. The standard InChI is InChI=1S/C12H13BN2O2/c1-13(17)15(2)12-11-7-9(8-16)3-4-10(11)5-6-14-12/h3-8,17H,1-2H3. The molecule has 0 spiro atoms. The van der Waals surface area contributed by atoms with Crippen LogP contribution >= 0.6 is 0 Å². The van der Waals surface area contributed by atoms with E-state index in [9.17, 15) is 9.82 Å². The number of hydrogen-bond donors (Lipinski definition) is 1. The van der Waals surface area contributed by atoms with Gasteiger partial charge in [0.05, 0.1) is 0 Å². The van der Waals surface area contributed by atoms with Gasteiger partial charge in [-0.1, -0.05) is 12.1 Å². The van der Waals surface area contributed by atoms with Crippen molar-refractivity contribution < 1.29 is 9.82 Å². The van der Waals surface area contributed by atoms with Gasteiger partial charge in [-0.2, -0.15) is 0 Å². The van der Waals surface area contributed by atoms with E-state index >= 15 is 0 Å². The Labute approximate surface area is 100 Å². The summed E-state index contributed by atoms with van der Waals surface area (Å²) in [6.07, 6.45) is 2.50. The van der Waals surface area contributed by atoms with E-state index in [-0.39, 0.29) is 0 Å². The molecule has 0 radical (unpaired) electrons. The molecule has 0 aliphatic rings. The molecule has 0 saturated heterocycles. The number of anilines is 1. The van der Waals surface area contributed by atoms with Crippen molar-refractivity contribution in [3.05, 3.63) is 36.0 Å². The molecular weight excluding hydrogens is 215 g/mol. The van der Waals surface area contributed by atoms with Crippen LogP contribution in [0.15, 0.2) is 30.5 Å². The Morgan fingerprint density at radius 3 is 2.82 bits per heavy atom. The largest absolute Gasteiger partial charge is 0.432 e. The van der Waals surface area contributed by atoms with E-state index in [2.05, 4.69) is 4.98 Å². The zero-order valence-corrected chi connectivity index (χ0v) is 9.79. The fourth-order valence-corrected chi connectivity index (χ4v) is 1.70. The smallest absolute Gasteiger partial charge is 0.410 e. The maximum Gasteiger partial charge on any atom is 0.410 e. The Morgan fingerprint density at radius 2 is 2.18 bits per heavy atom. The van der Waals surface area contributed by atoms with E-state index in [1.165, 1.54) is 0 Å². The second kappa shape index (κ2) is 4.55. The van der Waals surface area contributed by atoms with Gasteiger partial charge in [-0.15, -0.1) is 0 Å². The van der Waals surface area contributed by atoms with Gasteiger partial charge in [-0.25, -0.2) is 4.98 Å². The SMILES string of the molecule is CB(O)N(C)c1nccc2ccc(C=O)cc12. The molecule has 0 fully saturated rings. The highest BCUT2D eigenvalue weighted by atomic mass is 16.2. The molecule has 17 heavy (non-hydrogen) atoms. The first kappa shape index (κ1) is 11.6. The summed E-state index contributed by atoms with van der Waals surface area (Å²) in [6, 6.07) is 7.30. The van der Waals surface area contributed by atoms with Crippen molar-refractivity contribution in [1.29, 1.82) is 0 Å². The predicted molar refractivity (Wildman–Crippen MR) is 69.4 cm³/mol. The molecule has 5 heteroatoms. The van der Waals surface area contributed by atoms with E-state index in [0.29, 0.717) is 11.4 Å². The monoisotopic (exact) mass is 228 g/mol. The van der Waals surface area contributed by atoms with E-state index in [0.717, 1.165) is 17.1 Å². The molecule has 0 aliphatic carbocycles. The fraction of sp³-hybridized carbons (Fsp3) is 0.167. The minimum absolute atomic E-state index is 0.603. The Hall–Kier alpha value is -1.88. The number of hydrogen-bond acceptors (Lipinski definition) is 4. The molecule has 0 bridgehead atoms. The highest BCUT2D eigenvalue weighted by Gasteiger charge is 2.15. The van der Waals surface area contributed by atoms with Gasteiger partial charge in [-0.05, 0) is 31.4 Å². The molecule has 86 valence electrons. The summed E-state index contributed by atoms with van der Waals surface area (Å²) in [5.74, 6) is 0.668. The molecule has 2 aromatic rings. The quantitative estimate of drug-likeness (QED) is 0.640. The second-order valence-electron chi connectivity index (χ2n) is 3.98. The van der Waals surface area contributed by atoms with Crippen molar-refractivity contribution in [2.24, 2.45) is 0 Å². The maximum absolute atomic E-state index is 10.8. The van der Waals surface area contributed by atoms with Crippen LogP contribution in [-0.4, -0.2) is 30.4 Å². The first-order chi connectivity index (χ1) is 8.13. The molecule has 1 N–H and O–H groups in total. The third-order valence-corrected chi connectivity index (χ3v) is 2.80. The lowest BCUT2D eigenvalue weighted by Gasteiger charge is -2.20. The van der Waals surface area contributed by atoms with Crippen LogP contribution < -0.4 is 4.81 Å². The predicted octanol–water partition coefficient (Wildman–Crippen LogP) is 1.59. The van der Waals surface area contributed by atoms with Crippen molar-refractivity contribution >= 4 is 29.9 Å². The minimum atomic E-state index is -0.631. The number of aromatic nitrogens is 1. The second-order valence-corrected chi connectivity index (χ2v) is 3.98. The fourth-order valence-electron chi connectivity index (χ4n) is 1.70. The average molecular weight is 228 g/mol. The summed E-state index contributed by atoms with van der Waals surface area (Å²) in [4.78, 5) is 16.7. The van der Waals surface area contributed by atoms with Crippen LogP contribution in [0.5, 0.6) is 0 Å². The van der Waals surface area contributed by atoms with E-state index < -0.39 is 7.05 Å². The topological polar surface area (TPSA) is 53.4 Å². The van der Waals surface area contributed by atoms with Gasteiger partial charge in [0.25, 0.3) is 0 Å². The summed E-state index contributed by atoms with van der Waals surface area (Å²) < 4.78 is 0. The van der Waals surface area contributed by atoms with Crippen molar-refractivity contribution in [2.45, 2.75) is 6.82 Å². The Balaban J connectivity index is 2.66. The number of rotatable bonds is 3. The Kier molecular flexibility index (Phi) is 3.11. The van der Waals surface area contributed by atoms with Crippen molar-refractivity contribution in [1.82, 2.24) is 4.98 Å². The average Bonchev–Trinajstić information content (AvgIpc) is 2.36.